The van der Waals surface area contributed by atoms with Crippen LogP contribution in [0.4, 0.5) is 31.1 Å². The number of carbonyl (C=O) groups is 2. The van der Waals surface area contributed by atoms with Crippen molar-refractivity contribution in [3.63, 3.8) is 0 Å². The first-order valence-corrected chi connectivity index (χ1v) is 10.6. The number of benzene rings is 1. The topological polar surface area (TPSA) is 98.8 Å². The smallest absolute Gasteiger partial charge is 0.416 e. The molecular formula is C18H21F6NO6S. The molecule has 0 saturated heterocycles. The molecule has 1 aromatic carbocycles. The summed E-state index contributed by atoms with van der Waals surface area (Å²) in [6.07, 6.45) is -11.4. The number of hydrogen-bond acceptors (Lipinski definition) is 6. The Balaban J connectivity index is 2.90. The number of halogens is 6. The van der Waals surface area contributed by atoms with E-state index in [2.05, 4.69) is 10.1 Å². The number of esters is 1. The molecule has 0 spiro atoms. The average Bonchev–Trinajstić information content (AvgIpc) is 2.57. The molecule has 0 aliphatic rings. The highest BCUT2D eigenvalue weighted by Crippen LogP contribution is 2.37. The zero-order valence-corrected chi connectivity index (χ0v) is 18.2. The van der Waals surface area contributed by atoms with Gasteiger partial charge in [-0.2, -0.15) is 26.3 Å². The molecule has 1 unspecified atom stereocenters. The van der Waals surface area contributed by atoms with E-state index in [0.29, 0.717) is 0 Å². The van der Waals surface area contributed by atoms with Gasteiger partial charge in [0.15, 0.2) is 9.84 Å². The van der Waals surface area contributed by atoms with Crippen molar-refractivity contribution in [2.24, 2.45) is 0 Å². The molecule has 0 bridgehead atoms. The lowest BCUT2D eigenvalue weighted by atomic mass is 10.1. The van der Waals surface area contributed by atoms with Crippen LogP contribution in [0.15, 0.2) is 23.1 Å². The number of carbonyl (C=O) groups excluding carboxylic acids is 2. The normalized spacial score (nSPS) is 13.9. The predicted octanol–water partition coefficient (Wildman–Crippen LogP) is 3.95. The van der Waals surface area contributed by atoms with Crippen LogP contribution in [0, 0.1) is 0 Å². The van der Waals surface area contributed by atoms with Crippen LogP contribution in [0.1, 0.15) is 38.8 Å². The van der Waals surface area contributed by atoms with E-state index in [-0.39, 0.29) is 18.2 Å². The van der Waals surface area contributed by atoms with Crippen molar-refractivity contribution in [1.82, 2.24) is 5.32 Å². The molecular weight excluding hydrogens is 472 g/mol. The highest BCUT2D eigenvalue weighted by atomic mass is 32.2. The fourth-order valence-corrected chi connectivity index (χ4v) is 3.30. The van der Waals surface area contributed by atoms with Crippen molar-refractivity contribution in [2.75, 3.05) is 12.4 Å². The molecule has 0 saturated carbocycles. The number of rotatable bonds is 6. The fraction of sp³-hybridized carbons (Fsp3) is 0.556. The Labute approximate surface area is 180 Å². The molecule has 0 radical (unpaired) electrons. The van der Waals surface area contributed by atoms with Crippen LogP contribution in [0.25, 0.3) is 0 Å². The van der Waals surface area contributed by atoms with Gasteiger partial charge < -0.3 is 14.8 Å². The Bertz CT molecular complexity index is 918. The monoisotopic (exact) mass is 493 g/mol. The molecule has 1 aromatic rings. The van der Waals surface area contributed by atoms with E-state index in [1.807, 2.05) is 0 Å². The minimum absolute atomic E-state index is 0.0685. The van der Waals surface area contributed by atoms with Gasteiger partial charge in [0.1, 0.15) is 18.2 Å². The molecule has 14 heteroatoms. The van der Waals surface area contributed by atoms with Crippen molar-refractivity contribution in [3.05, 3.63) is 29.3 Å². The third-order valence-electron chi connectivity index (χ3n) is 3.60. The minimum atomic E-state index is -5.22. The SMILES string of the molecule is CC(NC(=O)OC(C)(C)C)C(=O)OCCS(=O)(=O)c1cc(C(F)(F)F)cc(C(F)(F)F)c1. The first-order chi connectivity index (χ1) is 14.2. The van der Waals surface area contributed by atoms with Gasteiger partial charge in [0.2, 0.25) is 0 Å². The maximum atomic E-state index is 12.9. The second-order valence-corrected chi connectivity index (χ2v) is 9.71. The van der Waals surface area contributed by atoms with E-state index >= 15 is 0 Å². The Morgan fingerprint density at radius 2 is 1.44 bits per heavy atom. The molecule has 1 N–H and O–H groups in total. The van der Waals surface area contributed by atoms with Crippen LogP contribution in [-0.2, 0) is 36.5 Å². The van der Waals surface area contributed by atoms with Crippen LogP contribution >= 0.6 is 0 Å². The quantitative estimate of drug-likeness (QED) is 0.476. The zero-order chi connectivity index (χ0) is 25.1. The molecule has 1 amide bonds. The fourth-order valence-electron chi connectivity index (χ4n) is 2.14. The van der Waals surface area contributed by atoms with Crippen molar-refractivity contribution in [3.8, 4) is 0 Å². The molecule has 1 rings (SSSR count). The summed E-state index contributed by atoms with van der Waals surface area (Å²) in [6.45, 7) is 5.03. The molecule has 0 aliphatic carbocycles. The summed E-state index contributed by atoms with van der Waals surface area (Å²) in [5, 5.41) is 2.13. The Kier molecular flexibility index (Phi) is 8.21. The molecule has 0 fully saturated rings. The second kappa shape index (κ2) is 9.55. The van der Waals surface area contributed by atoms with E-state index in [1.165, 1.54) is 6.92 Å². The molecule has 0 aliphatic heterocycles. The van der Waals surface area contributed by atoms with Crippen molar-refractivity contribution in [2.45, 2.75) is 56.6 Å². The van der Waals surface area contributed by atoms with Gasteiger partial charge in [-0.15, -0.1) is 0 Å². The lowest BCUT2D eigenvalue weighted by molar-refractivity contribution is -0.145. The average molecular weight is 493 g/mol. The summed E-state index contributed by atoms with van der Waals surface area (Å²) in [4.78, 5) is 22.2. The van der Waals surface area contributed by atoms with E-state index in [0.717, 1.165) is 0 Å². The number of sulfone groups is 1. The van der Waals surface area contributed by atoms with Crippen molar-refractivity contribution >= 4 is 21.9 Å². The van der Waals surface area contributed by atoms with Crippen molar-refractivity contribution in [1.29, 1.82) is 0 Å². The maximum Gasteiger partial charge on any atom is 0.416 e. The largest absolute Gasteiger partial charge is 0.463 e. The lowest BCUT2D eigenvalue weighted by Gasteiger charge is -2.21. The highest BCUT2D eigenvalue weighted by Gasteiger charge is 2.38. The second-order valence-electron chi connectivity index (χ2n) is 7.60. The van der Waals surface area contributed by atoms with Gasteiger partial charge in [-0.25, -0.2) is 18.0 Å². The predicted molar refractivity (Wildman–Crippen MR) is 98.3 cm³/mol. The summed E-state index contributed by atoms with van der Waals surface area (Å²) < 4.78 is 112. The van der Waals surface area contributed by atoms with Gasteiger partial charge in [-0.1, -0.05) is 0 Å². The zero-order valence-electron chi connectivity index (χ0n) is 17.3. The Morgan fingerprint density at radius 1 is 0.969 bits per heavy atom. The summed E-state index contributed by atoms with van der Waals surface area (Å²) in [6, 6.07) is -1.33. The third-order valence-corrected chi connectivity index (χ3v) is 5.26. The lowest BCUT2D eigenvalue weighted by Crippen LogP contribution is -2.42. The molecule has 32 heavy (non-hydrogen) atoms. The first-order valence-electron chi connectivity index (χ1n) is 8.91. The van der Waals surface area contributed by atoms with Gasteiger partial charge in [0.25, 0.3) is 0 Å². The van der Waals surface area contributed by atoms with Crippen molar-refractivity contribution < 1.29 is 53.8 Å². The summed E-state index contributed by atoms with van der Waals surface area (Å²) in [7, 11) is -4.68. The van der Waals surface area contributed by atoms with Gasteiger partial charge in [0, 0.05) is 0 Å². The van der Waals surface area contributed by atoms with Gasteiger partial charge >= 0.3 is 24.4 Å². The van der Waals surface area contributed by atoms with Crippen LogP contribution in [0.5, 0.6) is 0 Å². The van der Waals surface area contributed by atoms with E-state index in [1.54, 1.807) is 20.8 Å². The Hall–Kier alpha value is -2.51. The van der Waals surface area contributed by atoms with E-state index in [9.17, 15) is 44.3 Å². The molecule has 0 heterocycles. The number of amides is 1. The third kappa shape index (κ3) is 8.55. The van der Waals surface area contributed by atoms with Crippen LogP contribution < -0.4 is 5.32 Å². The number of ether oxygens (including phenoxy) is 2. The summed E-state index contributed by atoms with van der Waals surface area (Å²) >= 11 is 0. The standard InChI is InChI=1S/C18H21F6NO6S/c1-10(25-15(27)31-16(2,3)4)14(26)30-5-6-32(28,29)13-8-11(17(19,20)21)7-12(9-13)18(22,23)24/h7-10H,5-6H2,1-4H3,(H,25,27). The number of nitrogens with one attached hydrogen (secondary N) is 1. The molecule has 7 nitrogen and oxygen atoms in total. The first kappa shape index (κ1) is 27.5. The maximum absolute atomic E-state index is 12.9. The number of alkyl carbamates (subject to hydrolysis) is 1. The molecule has 1 atom stereocenters. The van der Waals surface area contributed by atoms with Gasteiger partial charge in [0.05, 0.1) is 21.8 Å². The highest BCUT2D eigenvalue weighted by molar-refractivity contribution is 7.91. The van der Waals surface area contributed by atoms with Crippen LogP contribution in [0.2, 0.25) is 0 Å². The minimum Gasteiger partial charge on any atom is -0.463 e. The summed E-state index contributed by atoms with van der Waals surface area (Å²) in [5.41, 5.74) is -4.45. The Morgan fingerprint density at radius 3 is 1.84 bits per heavy atom. The van der Waals surface area contributed by atoms with E-state index < -0.39 is 74.3 Å². The van der Waals surface area contributed by atoms with Gasteiger partial charge in [-0.3, -0.25) is 0 Å². The number of hydrogen-bond donors (Lipinski definition) is 1. The molecule has 0 aromatic heterocycles. The van der Waals surface area contributed by atoms with Gasteiger partial charge in [-0.05, 0) is 45.9 Å². The number of alkyl halides is 6. The van der Waals surface area contributed by atoms with Crippen LogP contribution in [-0.4, -0.2) is 44.5 Å². The summed E-state index contributed by atoms with van der Waals surface area (Å²) in [5.74, 6) is -2.18. The van der Waals surface area contributed by atoms with E-state index in [4.69, 9.17) is 4.74 Å². The molecule has 182 valence electrons. The van der Waals surface area contributed by atoms with Crippen LogP contribution in [0.3, 0.4) is 0 Å².